The van der Waals surface area contributed by atoms with Crippen molar-refractivity contribution in [3.05, 3.63) is 23.2 Å². The largest absolute Gasteiger partial charge is 0.466 e. The van der Waals surface area contributed by atoms with Gasteiger partial charge in [0, 0.05) is 25.0 Å². The molecule has 1 spiro atoms. The van der Waals surface area contributed by atoms with Crippen molar-refractivity contribution >= 4 is 18.3 Å². The number of rotatable bonds is 1. The molecular weight excluding hydrogens is 264 g/mol. The van der Waals surface area contributed by atoms with Gasteiger partial charge in [0.05, 0.1) is 5.56 Å². The summed E-state index contributed by atoms with van der Waals surface area (Å²) >= 11 is 0. The Morgan fingerprint density at radius 2 is 2.21 bits per heavy atom. The molecule has 19 heavy (non-hydrogen) atoms. The molecule has 1 N–H and O–H groups in total. The van der Waals surface area contributed by atoms with Crippen molar-refractivity contribution in [2.24, 2.45) is 5.41 Å². The number of halogens is 1. The Labute approximate surface area is 119 Å². The minimum Gasteiger partial charge on any atom is -0.466 e. The van der Waals surface area contributed by atoms with Crippen LogP contribution in [0.2, 0.25) is 0 Å². The third kappa shape index (κ3) is 2.51. The van der Waals surface area contributed by atoms with Crippen LogP contribution in [0.15, 0.2) is 10.5 Å². The zero-order valence-corrected chi connectivity index (χ0v) is 12.3. The fourth-order valence-corrected chi connectivity index (χ4v) is 3.27. The van der Waals surface area contributed by atoms with E-state index in [0.717, 1.165) is 49.7 Å². The Morgan fingerprint density at radius 1 is 1.42 bits per heavy atom. The van der Waals surface area contributed by atoms with Gasteiger partial charge < -0.3 is 14.6 Å². The van der Waals surface area contributed by atoms with Gasteiger partial charge in [-0.15, -0.1) is 12.4 Å². The van der Waals surface area contributed by atoms with Gasteiger partial charge in [-0.1, -0.05) is 0 Å². The molecule has 2 aliphatic rings. The number of likely N-dealkylation sites (tertiary alicyclic amines) is 1. The van der Waals surface area contributed by atoms with Gasteiger partial charge >= 0.3 is 0 Å². The molecule has 1 aromatic heterocycles. The van der Waals surface area contributed by atoms with E-state index < -0.39 is 0 Å². The second-order valence-electron chi connectivity index (χ2n) is 5.73. The zero-order chi connectivity index (χ0) is 12.8. The van der Waals surface area contributed by atoms with Gasteiger partial charge in [-0.3, -0.25) is 4.79 Å². The van der Waals surface area contributed by atoms with Crippen molar-refractivity contribution in [1.82, 2.24) is 10.2 Å². The summed E-state index contributed by atoms with van der Waals surface area (Å²) < 4.78 is 5.45. The van der Waals surface area contributed by atoms with Gasteiger partial charge in [0.15, 0.2) is 0 Å². The lowest BCUT2D eigenvalue weighted by atomic mass is 9.86. The molecule has 3 heterocycles. The number of furan rings is 1. The van der Waals surface area contributed by atoms with Gasteiger partial charge in [-0.05, 0) is 39.3 Å². The van der Waals surface area contributed by atoms with Crippen molar-refractivity contribution in [3.63, 3.8) is 0 Å². The number of hydrogen-bond donors (Lipinski definition) is 1. The Kier molecular flexibility index (Phi) is 3.92. The molecule has 0 saturated carbocycles. The summed E-state index contributed by atoms with van der Waals surface area (Å²) in [6.07, 6.45) is 2.32. The van der Waals surface area contributed by atoms with Crippen LogP contribution >= 0.6 is 12.4 Å². The third-order valence-corrected chi connectivity index (χ3v) is 4.33. The predicted octanol–water partition coefficient (Wildman–Crippen LogP) is 2.14. The van der Waals surface area contributed by atoms with E-state index in [1.165, 1.54) is 6.42 Å². The molecular formula is C14H21ClN2O2. The predicted molar refractivity (Wildman–Crippen MR) is 75.9 cm³/mol. The molecule has 0 bridgehead atoms. The molecule has 1 atom stereocenters. The molecule has 1 unspecified atom stereocenters. The van der Waals surface area contributed by atoms with Gasteiger partial charge in [0.2, 0.25) is 0 Å². The third-order valence-electron chi connectivity index (χ3n) is 4.33. The van der Waals surface area contributed by atoms with Gasteiger partial charge in [0.1, 0.15) is 11.5 Å². The first kappa shape index (κ1) is 14.4. The van der Waals surface area contributed by atoms with Crippen molar-refractivity contribution in [3.8, 4) is 0 Å². The average Bonchev–Trinajstić information content (AvgIpc) is 3.02. The van der Waals surface area contributed by atoms with Crippen molar-refractivity contribution in [2.45, 2.75) is 26.7 Å². The maximum atomic E-state index is 12.5. The van der Waals surface area contributed by atoms with Crippen LogP contribution in [0.3, 0.4) is 0 Å². The van der Waals surface area contributed by atoms with E-state index in [-0.39, 0.29) is 18.3 Å². The van der Waals surface area contributed by atoms with Crippen molar-refractivity contribution < 1.29 is 9.21 Å². The summed E-state index contributed by atoms with van der Waals surface area (Å²) in [6.45, 7) is 7.66. The van der Waals surface area contributed by atoms with Crippen LogP contribution in [-0.4, -0.2) is 37.0 Å². The smallest absolute Gasteiger partial charge is 0.257 e. The normalized spacial score (nSPS) is 25.9. The van der Waals surface area contributed by atoms with E-state index in [4.69, 9.17) is 4.42 Å². The van der Waals surface area contributed by atoms with Crippen molar-refractivity contribution in [2.75, 3.05) is 26.2 Å². The minimum absolute atomic E-state index is 0. The molecule has 1 aromatic rings. The van der Waals surface area contributed by atoms with E-state index in [1.54, 1.807) is 0 Å². The molecule has 0 aromatic carbocycles. The first-order chi connectivity index (χ1) is 8.60. The summed E-state index contributed by atoms with van der Waals surface area (Å²) in [6, 6.07) is 1.86. The Balaban J connectivity index is 0.00000133. The van der Waals surface area contributed by atoms with Crippen LogP contribution in [0.5, 0.6) is 0 Å². The highest BCUT2D eigenvalue weighted by Crippen LogP contribution is 2.36. The summed E-state index contributed by atoms with van der Waals surface area (Å²) in [5.74, 6) is 1.68. The molecule has 1 amide bonds. The second-order valence-corrected chi connectivity index (χ2v) is 5.73. The fourth-order valence-electron chi connectivity index (χ4n) is 3.27. The molecule has 2 aliphatic heterocycles. The van der Waals surface area contributed by atoms with Crippen LogP contribution in [0, 0.1) is 19.3 Å². The summed E-state index contributed by atoms with van der Waals surface area (Å²) in [5.41, 5.74) is 1.07. The molecule has 4 nitrogen and oxygen atoms in total. The number of amides is 1. The number of carbonyl (C=O) groups is 1. The quantitative estimate of drug-likeness (QED) is 0.859. The highest BCUT2D eigenvalue weighted by molar-refractivity contribution is 5.95. The van der Waals surface area contributed by atoms with Crippen LogP contribution < -0.4 is 5.32 Å². The van der Waals surface area contributed by atoms with E-state index in [0.29, 0.717) is 5.41 Å². The number of nitrogens with one attached hydrogen (secondary N) is 1. The number of carbonyl (C=O) groups excluding carboxylic acids is 1. The van der Waals surface area contributed by atoms with E-state index >= 15 is 0 Å². The zero-order valence-electron chi connectivity index (χ0n) is 11.5. The topological polar surface area (TPSA) is 45.5 Å². The molecule has 2 saturated heterocycles. The molecule has 5 heteroatoms. The standard InChI is InChI=1S/C14H20N2O2.ClH/c1-10-7-12(11(2)18-10)13(17)16-6-4-14(9-16)3-5-15-8-14;/h7,15H,3-6,8-9H2,1-2H3;1H. The first-order valence-electron chi connectivity index (χ1n) is 6.67. The average molecular weight is 285 g/mol. The van der Waals surface area contributed by atoms with E-state index in [9.17, 15) is 4.79 Å². The van der Waals surface area contributed by atoms with Crippen LogP contribution in [0.1, 0.15) is 34.7 Å². The minimum atomic E-state index is 0. The van der Waals surface area contributed by atoms with Crippen LogP contribution in [0.25, 0.3) is 0 Å². The van der Waals surface area contributed by atoms with Crippen molar-refractivity contribution in [1.29, 1.82) is 0 Å². The molecule has 106 valence electrons. The second kappa shape index (κ2) is 5.17. The lowest BCUT2D eigenvalue weighted by molar-refractivity contribution is 0.0774. The maximum Gasteiger partial charge on any atom is 0.257 e. The SMILES string of the molecule is Cc1cc(C(=O)N2CCC3(CCNC3)C2)c(C)o1.Cl. The number of aryl methyl sites for hydroxylation is 2. The van der Waals surface area contributed by atoms with Gasteiger partial charge in [-0.25, -0.2) is 0 Å². The highest BCUT2D eigenvalue weighted by atomic mass is 35.5. The number of hydrogen-bond acceptors (Lipinski definition) is 3. The summed E-state index contributed by atoms with van der Waals surface area (Å²) in [7, 11) is 0. The maximum absolute atomic E-state index is 12.5. The molecule has 3 rings (SSSR count). The van der Waals surface area contributed by atoms with Gasteiger partial charge in [-0.2, -0.15) is 0 Å². The molecule has 0 radical (unpaired) electrons. The summed E-state index contributed by atoms with van der Waals surface area (Å²) in [5, 5.41) is 3.41. The highest BCUT2D eigenvalue weighted by Gasteiger charge is 2.42. The first-order valence-corrected chi connectivity index (χ1v) is 6.67. The van der Waals surface area contributed by atoms with Crippen LogP contribution in [-0.2, 0) is 0 Å². The lowest BCUT2D eigenvalue weighted by Gasteiger charge is -2.22. The fraction of sp³-hybridized carbons (Fsp3) is 0.643. The van der Waals surface area contributed by atoms with E-state index in [1.807, 2.05) is 24.8 Å². The number of nitrogens with zero attached hydrogens (tertiary/aromatic N) is 1. The Morgan fingerprint density at radius 3 is 2.79 bits per heavy atom. The molecule has 2 fully saturated rings. The molecule has 0 aliphatic carbocycles. The van der Waals surface area contributed by atoms with E-state index in [2.05, 4.69) is 5.32 Å². The monoisotopic (exact) mass is 284 g/mol. The Bertz CT molecular complexity index is 478. The summed E-state index contributed by atoms with van der Waals surface area (Å²) in [4.78, 5) is 14.5. The van der Waals surface area contributed by atoms with Gasteiger partial charge in [0.25, 0.3) is 5.91 Å². The lowest BCUT2D eigenvalue weighted by Crippen LogP contribution is -2.33. The van der Waals surface area contributed by atoms with Crippen LogP contribution in [0.4, 0.5) is 0 Å². The Hall–Kier alpha value is -1.000.